The number of carboxylic acid groups (broad SMARTS) is 1. The van der Waals surface area contributed by atoms with Gasteiger partial charge in [0.15, 0.2) is 0 Å². The minimum atomic E-state index is -0.903. The fourth-order valence-electron chi connectivity index (χ4n) is 6.71. The van der Waals surface area contributed by atoms with Crippen LogP contribution in [0.2, 0.25) is 0 Å². The Labute approximate surface area is 327 Å². The van der Waals surface area contributed by atoms with Gasteiger partial charge in [0.25, 0.3) is 0 Å². The number of rotatable bonds is 39. The molecule has 0 radical (unpaired) electrons. The average Bonchev–Trinajstić information content (AvgIpc) is 3.02. The van der Waals surface area contributed by atoms with Crippen molar-refractivity contribution in [1.82, 2.24) is 4.90 Å². The topological polar surface area (TPSA) is 43.4 Å². The van der Waals surface area contributed by atoms with E-state index >= 15 is 0 Å². The summed E-state index contributed by atoms with van der Waals surface area (Å²) < 4.78 is 0. The average molecular weight is 660 g/mol. The third-order valence-corrected chi connectivity index (χ3v) is 9.79. The molecular formula is C41H82KNO2. The van der Waals surface area contributed by atoms with Gasteiger partial charge in [0.2, 0.25) is 0 Å². The molecule has 0 bridgehead atoms. The zero-order chi connectivity index (χ0) is 32.0. The minimum Gasteiger partial charge on any atom is -0.550 e. The summed E-state index contributed by atoms with van der Waals surface area (Å²) in [6.45, 7) is 7.37. The SMILES string of the molecule is CCCCCCCCCCCCCCCCCCCN(CCCCCCCCCCCCCCCCCCC)CCC(=O)[O-].[K+]. The van der Waals surface area contributed by atoms with Gasteiger partial charge >= 0.3 is 51.4 Å². The molecule has 3 nitrogen and oxygen atoms in total. The molecule has 0 heterocycles. The zero-order valence-electron chi connectivity index (χ0n) is 31.6. The number of carboxylic acids is 1. The molecule has 0 saturated carbocycles. The fraction of sp³-hybridized carbons (Fsp3) is 0.976. The summed E-state index contributed by atoms with van der Waals surface area (Å²) in [6, 6.07) is 0. The van der Waals surface area contributed by atoms with Crippen molar-refractivity contribution in [3.63, 3.8) is 0 Å². The number of hydrogen-bond acceptors (Lipinski definition) is 3. The standard InChI is InChI=1S/C41H83NO2.K/c1-3-5-7-9-11-13-15-17-19-21-23-25-27-29-31-33-35-38-42(40-37-41(43)44)39-36-34-32-30-28-26-24-22-20-18-16-14-12-10-8-6-4-2;/h3-40H2,1-2H3,(H,43,44);/q;+1/p-1. The molecule has 0 fully saturated rings. The van der Waals surface area contributed by atoms with Gasteiger partial charge in [0, 0.05) is 12.5 Å². The summed E-state index contributed by atoms with van der Waals surface area (Å²) in [4.78, 5) is 13.4. The molecular weight excluding hydrogens is 578 g/mol. The van der Waals surface area contributed by atoms with Crippen LogP contribution in [0, 0.1) is 0 Å². The molecule has 0 N–H and O–H groups in total. The number of carbonyl (C=O) groups excluding carboxylic acids is 1. The first kappa shape index (κ1) is 48.2. The van der Waals surface area contributed by atoms with Crippen LogP contribution < -0.4 is 56.5 Å². The summed E-state index contributed by atoms with van der Waals surface area (Å²) in [6.07, 6.45) is 47.7. The number of hydrogen-bond donors (Lipinski definition) is 0. The van der Waals surface area contributed by atoms with E-state index in [0.717, 1.165) is 13.1 Å². The van der Waals surface area contributed by atoms with E-state index in [9.17, 15) is 9.90 Å². The normalized spacial score (nSPS) is 11.4. The predicted octanol–water partition coefficient (Wildman–Crippen LogP) is 9.74. The van der Waals surface area contributed by atoms with E-state index in [2.05, 4.69) is 18.7 Å². The molecule has 0 unspecified atom stereocenters. The Bertz CT molecular complexity index is 506. The molecule has 0 aliphatic heterocycles. The van der Waals surface area contributed by atoms with Gasteiger partial charge in [-0.25, -0.2) is 0 Å². The molecule has 0 amide bonds. The van der Waals surface area contributed by atoms with Crippen molar-refractivity contribution < 1.29 is 61.3 Å². The van der Waals surface area contributed by atoms with E-state index in [-0.39, 0.29) is 57.8 Å². The zero-order valence-corrected chi connectivity index (χ0v) is 34.8. The molecule has 45 heavy (non-hydrogen) atoms. The molecule has 0 aliphatic rings. The van der Waals surface area contributed by atoms with Crippen LogP contribution >= 0.6 is 0 Å². The van der Waals surface area contributed by atoms with Gasteiger partial charge in [-0.15, -0.1) is 0 Å². The van der Waals surface area contributed by atoms with Crippen molar-refractivity contribution in [3.8, 4) is 0 Å². The van der Waals surface area contributed by atoms with Gasteiger partial charge in [0.1, 0.15) is 0 Å². The van der Waals surface area contributed by atoms with Crippen molar-refractivity contribution in [1.29, 1.82) is 0 Å². The second-order valence-electron chi connectivity index (χ2n) is 14.3. The van der Waals surface area contributed by atoms with E-state index in [0.29, 0.717) is 6.54 Å². The molecule has 0 saturated heterocycles. The van der Waals surface area contributed by atoms with Crippen LogP contribution in [0.3, 0.4) is 0 Å². The molecule has 0 aromatic heterocycles. The van der Waals surface area contributed by atoms with E-state index in [4.69, 9.17) is 0 Å². The molecule has 0 spiro atoms. The Morgan fingerprint density at radius 1 is 0.356 bits per heavy atom. The van der Waals surface area contributed by atoms with Crippen LogP contribution in [0.25, 0.3) is 0 Å². The molecule has 4 heteroatoms. The smallest absolute Gasteiger partial charge is 0.550 e. The van der Waals surface area contributed by atoms with E-state index in [1.807, 2.05) is 0 Å². The summed E-state index contributed by atoms with van der Waals surface area (Å²) in [5, 5.41) is 11.0. The number of nitrogens with zero attached hydrogens (tertiary/aromatic N) is 1. The first-order valence-corrected chi connectivity index (χ1v) is 20.6. The Balaban J connectivity index is 0. The summed E-state index contributed by atoms with van der Waals surface area (Å²) >= 11 is 0. The van der Waals surface area contributed by atoms with E-state index < -0.39 is 5.97 Å². The fourth-order valence-corrected chi connectivity index (χ4v) is 6.71. The maximum atomic E-state index is 11.0. The predicted molar refractivity (Wildman–Crippen MR) is 194 cm³/mol. The largest absolute Gasteiger partial charge is 1.00 e. The van der Waals surface area contributed by atoms with Gasteiger partial charge < -0.3 is 14.8 Å². The Hall–Kier alpha value is 1.07. The second-order valence-corrected chi connectivity index (χ2v) is 14.3. The molecule has 0 rings (SSSR count). The van der Waals surface area contributed by atoms with Crippen molar-refractivity contribution in [2.24, 2.45) is 0 Å². The van der Waals surface area contributed by atoms with Crippen molar-refractivity contribution >= 4 is 5.97 Å². The van der Waals surface area contributed by atoms with Crippen LogP contribution in [0.15, 0.2) is 0 Å². The molecule has 0 aromatic carbocycles. The first-order chi connectivity index (χ1) is 21.7. The Kier molecular flexibility index (Phi) is 46.1. The molecule has 0 aliphatic carbocycles. The number of unbranched alkanes of at least 4 members (excludes halogenated alkanes) is 32. The van der Waals surface area contributed by atoms with E-state index in [1.165, 1.54) is 218 Å². The maximum absolute atomic E-state index is 11.0. The third-order valence-electron chi connectivity index (χ3n) is 9.79. The van der Waals surface area contributed by atoms with Crippen molar-refractivity contribution in [3.05, 3.63) is 0 Å². The van der Waals surface area contributed by atoms with Crippen LogP contribution in [0.1, 0.15) is 239 Å². The maximum Gasteiger partial charge on any atom is 1.00 e. The number of aliphatic carboxylic acids is 1. The monoisotopic (exact) mass is 660 g/mol. The van der Waals surface area contributed by atoms with Crippen LogP contribution in [0.4, 0.5) is 0 Å². The van der Waals surface area contributed by atoms with Gasteiger partial charge in [-0.3, -0.25) is 0 Å². The Morgan fingerprint density at radius 3 is 0.756 bits per heavy atom. The summed E-state index contributed by atoms with van der Waals surface area (Å²) in [7, 11) is 0. The minimum absolute atomic E-state index is 0. The molecule has 0 aromatic rings. The number of carbonyl (C=O) groups is 1. The Morgan fingerprint density at radius 2 is 0.556 bits per heavy atom. The van der Waals surface area contributed by atoms with Crippen LogP contribution in [-0.4, -0.2) is 30.5 Å². The van der Waals surface area contributed by atoms with E-state index in [1.54, 1.807) is 0 Å². The van der Waals surface area contributed by atoms with Crippen LogP contribution in [0.5, 0.6) is 0 Å². The van der Waals surface area contributed by atoms with Crippen molar-refractivity contribution in [2.75, 3.05) is 19.6 Å². The summed E-state index contributed by atoms with van der Waals surface area (Å²) in [5.74, 6) is -0.903. The summed E-state index contributed by atoms with van der Waals surface area (Å²) in [5.41, 5.74) is 0. The second kappa shape index (κ2) is 43.1. The quantitative estimate of drug-likeness (QED) is 0.0487. The van der Waals surface area contributed by atoms with Gasteiger partial charge in [-0.1, -0.05) is 219 Å². The molecule has 0 atom stereocenters. The van der Waals surface area contributed by atoms with Gasteiger partial charge in [-0.2, -0.15) is 0 Å². The third kappa shape index (κ3) is 43.0. The van der Waals surface area contributed by atoms with Gasteiger partial charge in [-0.05, 0) is 32.4 Å². The molecule has 264 valence electrons. The first-order valence-electron chi connectivity index (χ1n) is 20.6. The van der Waals surface area contributed by atoms with Crippen molar-refractivity contribution in [2.45, 2.75) is 239 Å². The van der Waals surface area contributed by atoms with Crippen LogP contribution in [-0.2, 0) is 4.79 Å². The van der Waals surface area contributed by atoms with Gasteiger partial charge in [0.05, 0.1) is 0 Å².